The predicted molar refractivity (Wildman–Crippen MR) is 131 cm³/mol. The number of benzene rings is 1. The lowest BCUT2D eigenvalue weighted by Gasteiger charge is -2.17. The third-order valence-electron chi connectivity index (χ3n) is 5.71. The summed E-state index contributed by atoms with van der Waals surface area (Å²) in [6, 6.07) is 11.4. The molecular weight excluding hydrogens is 428 g/mol. The molecule has 3 heterocycles. The number of carbonyl (C=O) groups excluding carboxylic acids is 2. The monoisotopic (exact) mass is 452 g/mol. The maximum Gasteiger partial charge on any atom is 0.232 e. The van der Waals surface area contributed by atoms with E-state index in [-0.39, 0.29) is 24.2 Å². The molecular formula is C26H24N6O2. The van der Waals surface area contributed by atoms with Gasteiger partial charge in [0.25, 0.3) is 0 Å². The van der Waals surface area contributed by atoms with E-state index < -0.39 is 0 Å². The number of para-hydroxylation sites is 1. The zero-order valence-electron chi connectivity index (χ0n) is 18.9. The molecule has 1 atom stereocenters. The van der Waals surface area contributed by atoms with E-state index in [1.165, 1.54) is 0 Å². The van der Waals surface area contributed by atoms with E-state index in [1.54, 1.807) is 6.20 Å². The zero-order chi connectivity index (χ0) is 23.7. The average molecular weight is 453 g/mol. The molecule has 2 amide bonds. The lowest BCUT2D eigenvalue weighted by molar-refractivity contribution is -0.118. The fourth-order valence-corrected chi connectivity index (χ4v) is 4.16. The molecule has 1 unspecified atom stereocenters. The summed E-state index contributed by atoms with van der Waals surface area (Å²) in [4.78, 5) is 38.4. The number of nitrogens with one attached hydrogen (secondary N) is 3. The number of hydrogen-bond acceptors (Lipinski definition) is 6. The molecule has 1 aliphatic carbocycles. The standard InChI is InChI=1S/C26H24N6O2/c1-15-11-16(2)28-22(12-15)31-25(34)17-7-9-19(10-8-17)29-26-27-14-18-13-23(33)30-21-6-4-3-5-20(21)24(18)32-26/h3-7,9-12,14,17H,8,13H2,1-2H3,(H,30,33)(H,27,29,32)(H,28,31,34). The third-order valence-corrected chi connectivity index (χ3v) is 5.71. The molecule has 3 aromatic rings. The van der Waals surface area contributed by atoms with Crippen molar-refractivity contribution in [2.24, 2.45) is 5.92 Å². The van der Waals surface area contributed by atoms with Crippen LogP contribution in [0, 0.1) is 19.8 Å². The molecule has 34 heavy (non-hydrogen) atoms. The largest absolute Gasteiger partial charge is 0.325 e. The van der Waals surface area contributed by atoms with Crippen LogP contribution in [0.2, 0.25) is 0 Å². The number of aromatic nitrogens is 3. The Hall–Kier alpha value is -4.33. The van der Waals surface area contributed by atoms with Gasteiger partial charge in [0.1, 0.15) is 5.82 Å². The lowest BCUT2D eigenvalue weighted by Crippen LogP contribution is -2.23. The van der Waals surface area contributed by atoms with Crippen molar-refractivity contribution in [3.05, 3.63) is 83.3 Å². The summed E-state index contributed by atoms with van der Waals surface area (Å²) in [6.07, 6.45) is 8.12. The molecule has 8 nitrogen and oxygen atoms in total. The maximum absolute atomic E-state index is 12.7. The van der Waals surface area contributed by atoms with Crippen LogP contribution in [-0.2, 0) is 16.0 Å². The van der Waals surface area contributed by atoms with E-state index in [2.05, 4.69) is 25.9 Å². The summed E-state index contributed by atoms with van der Waals surface area (Å²) >= 11 is 0. The van der Waals surface area contributed by atoms with Crippen LogP contribution in [0.5, 0.6) is 0 Å². The van der Waals surface area contributed by atoms with Crippen molar-refractivity contribution in [2.75, 3.05) is 16.0 Å². The van der Waals surface area contributed by atoms with E-state index >= 15 is 0 Å². The first-order valence-electron chi connectivity index (χ1n) is 11.1. The Labute approximate surface area is 197 Å². The first-order valence-corrected chi connectivity index (χ1v) is 11.1. The first kappa shape index (κ1) is 21.5. The highest BCUT2D eigenvalue weighted by molar-refractivity contribution is 6.00. The second kappa shape index (κ2) is 8.90. The SMILES string of the molecule is Cc1cc(C)nc(NC(=O)C2C=CC(Nc3ncc4c(n3)-c3ccccc3NC(=O)C4)=CC2)c1. The van der Waals surface area contributed by atoms with Crippen LogP contribution < -0.4 is 16.0 Å². The summed E-state index contributed by atoms with van der Waals surface area (Å²) in [5.41, 5.74) is 5.83. The molecule has 0 radical (unpaired) electrons. The molecule has 170 valence electrons. The van der Waals surface area contributed by atoms with E-state index in [1.807, 2.05) is 68.5 Å². The molecule has 0 spiro atoms. The van der Waals surface area contributed by atoms with Gasteiger partial charge in [-0.1, -0.05) is 30.4 Å². The van der Waals surface area contributed by atoms with Crippen molar-refractivity contribution in [1.29, 1.82) is 0 Å². The molecule has 3 N–H and O–H groups in total. The summed E-state index contributed by atoms with van der Waals surface area (Å²) < 4.78 is 0. The molecule has 8 heteroatoms. The van der Waals surface area contributed by atoms with Gasteiger partial charge in [-0.2, -0.15) is 0 Å². The van der Waals surface area contributed by atoms with Crippen LogP contribution in [0.3, 0.4) is 0 Å². The minimum atomic E-state index is -0.287. The highest BCUT2D eigenvalue weighted by atomic mass is 16.2. The third kappa shape index (κ3) is 4.56. The highest BCUT2D eigenvalue weighted by Gasteiger charge is 2.22. The predicted octanol–water partition coefficient (Wildman–Crippen LogP) is 4.16. The van der Waals surface area contributed by atoms with Gasteiger partial charge in [0, 0.05) is 28.7 Å². The minimum Gasteiger partial charge on any atom is -0.325 e. The van der Waals surface area contributed by atoms with Crippen LogP contribution in [0.1, 0.15) is 23.2 Å². The van der Waals surface area contributed by atoms with Crippen LogP contribution >= 0.6 is 0 Å². The zero-order valence-corrected chi connectivity index (χ0v) is 18.9. The molecule has 1 aliphatic heterocycles. The van der Waals surface area contributed by atoms with Gasteiger partial charge in [0.05, 0.1) is 23.7 Å². The molecule has 2 aliphatic rings. The number of anilines is 3. The van der Waals surface area contributed by atoms with E-state index in [4.69, 9.17) is 4.98 Å². The van der Waals surface area contributed by atoms with Gasteiger partial charge in [0.2, 0.25) is 17.8 Å². The van der Waals surface area contributed by atoms with Crippen molar-refractivity contribution in [2.45, 2.75) is 26.7 Å². The smallest absolute Gasteiger partial charge is 0.232 e. The number of aryl methyl sites for hydroxylation is 2. The minimum absolute atomic E-state index is 0.0891. The van der Waals surface area contributed by atoms with Crippen LogP contribution in [0.15, 0.2) is 66.5 Å². The Balaban J connectivity index is 1.29. The summed E-state index contributed by atoms with van der Waals surface area (Å²) in [7, 11) is 0. The lowest BCUT2D eigenvalue weighted by atomic mass is 9.98. The van der Waals surface area contributed by atoms with Crippen molar-refractivity contribution >= 4 is 29.3 Å². The molecule has 0 saturated carbocycles. The molecule has 2 aromatic heterocycles. The Bertz CT molecular complexity index is 1340. The first-order chi connectivity index (χ1) is 16.4. The number of amides is 2. The van der Waals surface area contributed by atoms with Gasteiger partial charge in [-0.25, -0.2) is 15.0 Å². The Morgan fingerprint density at radius 2 is 2.00 bits per heavy atom. The second-order valence-electron chi connectivity index (χ2n) is 8.48. The topological polar surface area (TPSA) is 109 Å². The quantitative estimate of drug-likeness (QED) is 0.548. The van der Waals surface area contributed by atoms with Gasteiger partial charge in [-0.3, -0.25) is 9.59 Å². The van der Waals surface area contributed by atoms with Crippen LogP contribution in [0.25, 0.3) is 11.3 Å². The van der Waals surface area contributed by atoms with E-state index in [9.17, 15) is 9.59 Å². The fraction of sp³-hybridized carbons (Fsp3) is 0.192. The van der Waals surface area contributed by atoms with E-state index in [0.29, 0.717) is 18.2 Å². The Morgan fingerprint density at radius 3 is 2.79 bits per heavy atom. The number of rotatable bonds is 4. The van der Waals surface area contributed by atoms with Gasteiger partial charge in [0.15, 0.2) is 0 Å². The van der Waals surface area contributed by atoms with Gasteiger partial charge in [-0.05, 0) is 50.1 Å². The van der Waals surface area contributed by atoms with Crippen LogP contribution in [0.4, 0.5) is 17.5 Å². The number of carbonyl (C=O) groups is 2. The molecule has 0 bridgehead atoms. The number of fused-ring (bicyclic) bond motifs is 3. The van der Waals surface area contributed by atoms with Gasteiger partial charge in [-0.15, -0.1) is 0 Å². The number of hydrogen-bond donors (Lipinski definition) is 3. The Kier molecular flexibility index (Phi) is 5.63. The summed E-state index contributed by atoms with van der Waals surface area (Å²) in [5, 5.41) is 9.04. The highest BCUT2D eigenvalue weighted by Crippen LogP contribution is 2.32. The maximum atomic E-state index is 12.7. The van der Waals surface area contributed by atoms with Crippen LogP contribution in [-0.4, -0.2) is 26.8 Å². The normalized spacial score (nSPS) is 16.5. The Morgan fingerprint density at radius 1 is 1.15 bits per heavy atom. The number of allylic oxidation sites excluding steroid dienone is 2. The summed E-state index contributed by atoms with van der Waals surface area (Å²) in [6.45, 7) is 3.88. The van der Waals surface area contributed by atoms with E-state index in [0.717, 1.165) is 39.5 Å². The van der Waals surface area contributed by atoms with Crippen molar-refractivity contribution in [3.8, 4) is 11.3 Å². The van der Waals surface area contributed by atoms with Gasteiger partial charge >= 0.3 is 0 Å². The molecule has 5 rings (SSSR count). The van der Waals surface area contributed by atoms with Gasteiger partial charge < -0.3 is 16.0 Å². The molecule has 1 aromatic carbocycles. The number of pyridine rings is 1. The number of nitrogens with zero attached hydrogens (tertiary/aromatic N) is 3. The fourth-order valence-electron chi connectivity index (χ4n) is 4.16. The van der Waals surface area contributed by atoms with Crippen molar-refractivity contribution < 1.29 is 9.59 Å². The average Bonchev–Trinajstić information content (AvgIpc) is 2.94. The van der Waals surface area contributed by atoms with Crippen molar-refractivity contribution in [1.82, 2.24) is 15.0 Å². The summed E-state index contributed by atoms with van der Waals surface area (Å²) in [5.74, 6) is 0.523. The molecule has 0 saturated heterocycles. The molecule has 0 fully saturated rings. The second-order valence-corrected chi connectivity index (χ2v) is 8.48. The van der Waals surface area contributed by atoms with Crippen molar-refractivity contribution in [3.63, 3.8) is 0 Å².